The van der Waals surface area contributed by atoms with Gasteiger partial charge in [0.1, 0.15) is 5.78 Å². The number of benzene rings is 1. The highest BCUT2D eigenvalue weighted by Gasteiger charge is 2.24. The molecule has 1 aromatic rings. The molecule has 0 heterocycles. The molecule has 2 rings (SSSR count). The first-order chi connectivity index (χ1) is 7.79. The molecule has 1 heteroatoms. The predicted molar refractivity (Wildman–Crippen MR) is 66.3 cm³/mol. The Bertz CT molecular complexity index is 414. The van der Waals surface area contributed by atoms with Crippen molar-refractivity contribution in [3.8, 4) is 0 Å². The Kier molecular flexibility index (Phi) is 3.35. The minimum Gasteiger partial charge on any atom is -0.299 e. The molecule has 0 radical (unpaired) electrons. The third kappa shape index (κ3) is 2.30. The Morgan fingerprint density at radius 3 is 2.56 bits per heavy atom. The molecule has 0 fully saturated rings. The quantitative estimate of drug-likeness (QED) is 0.749. The highest BCUT2D eigenvalue weighted by atomic mass is 16.1. The summed E-state index contributed by atoms with van der Waals surface area (Å²) < 4.78 is 0. The molecule has 0 spiro atoms. The van der Waals surface area contributed by atoms with Crippen molar-refractivity contribution < 1.29 is 4.79 Å². The summed E-state index contributed by atoms with van der Waals surface area (Å²) in [6.45, 7) is 1.68. The predicted octanol–water partition coefficient (Wildman–Crippen LogP) is 3.49. The van der Waals surface area contributed by atoms with E-state index in [1.165, 1.54) is 0 Å². The van der Waals surface area contributed by atoms with Crippen molar-refractivity contribution in [2.45, 2.75) is 19.3 Å². The van der Waals surface area contributed by atoms with Crippen LogP contribution in [0.25, 0.3) is 0 Å². The van der Waals surface area contributed by atoms with Crippen LogP contribution in [-0.4, -0.2) is 5.78 Å². The molecule has 0 bridgehead atoms. The standard InChI is InChI=1S/C15H16O/c1-12(16)15(13-8-4-2-5-9-13)14-10-6-3-7-11-14/h2-10,14-15H,11H2,1H3/t14-,15?/m0/s1. The minimum absolute atomic E-state index is 0.00222. The minimum atomic E-state index is 0.00222. The summed E-state index contributed by atoms with van der Waals surface area (Å²) in [5, 5.41) is 0. The first kappa shape index (κ1) is 10.9. The number of rotatable bonds is 3. The van der Waals surface area contributed by atoms with E-state index in [0.717, 1.165) is 12.0 Å². The van der Waals surface area contributed by atoms with Gasteiger partial charge in [-0.3, -0.25) is 4.79 Å². The lowest BCUT2D eigenvalue weighted by Crippen LogP contribution is -2.18. The van der Waals surface area contributed by atoms with Gasteiger partial charge in [-0.1, -0.05) is 54.6 Å². The molecule has 82 valence electrons. The van der Waals surface area contributed by atoms with Gasteiger partial charge in [-0.15, -0.1) is 0 Å². The normalized spacial score (nSPS) is 20.7. The zero-order valence-electron chi connectivity index (χ0n) is 9.47. The molecule has 16 heavy (non-hydrogen) atoms. The van der Waals surface area contributed by atoms with Crippen molar-refractivity contribution in [2.24, 2.45) is 5.92 Å². The number of allylic oxidation sites excluding steroid dienone is 4. The van der Waals surface area contributed by atoms with Crippen molar-refractivity contribution in [1.82, 2.24) is 0 Å². The number of hydrogen-bond donors (Lipinski definition) is 0. The molecule has 1 unspecified atom stereocenters. The monoisotopic (exact) mass is 212 g/mol. The molecule has 0 saturated carbocycles. The fourth-order valence-corrected chi connectivity index (χ4v) is 2.29. The third-order valence-corrected chi connectivity index (χ3v) is 3.04. The van der Waals surface area contributed by atoms with Crippen LogP contribution in [0.4, 0.5) is 0 Å². The van der Waals surface area contributed by atoms with Crippen molar-refractivity contribution in [3.63, 3.8) is 0 Å². The zero-order chi connectivity index (χ0) is 11.4. The van der Waals surface area contributed by atoms with E-state index in [4.69, 9.17) is 0 Å². The van der Waals surface area contributed by atoms with Gasteiger partial charge >= 0.3 is 0 Å². The van der Waals surface area contributed by atoms with Gasteiger partial charge in [0.15, 0.2) is 0 Å². The summed E-state index contributed by atoms with van der Waals surface area (Å²) in [5.41, 5.74) is 1.12. The maximum atomic E-state index is 11.8. The lowest BCUT2D eigenvalue weighted by molar-refractivity contribution is -0.119. The van der Waals surface area contributed by atoms with Gasteiger partial charge in [0, 0.05) is 5.92 Å². The highest BCUT2D eigenvalue weighted by molar-refractivity contribution is 5.84. The Morgan fingerprint density at radius 2 is 2.00 bits per heavy atom. The van der Waals surface area contributed by atoms with Crippen LogP contribution >= 0.6 is 0 Å². The van der Waals surface area contributed by atoms with Gasteiger partial charge in [0.2, 0.25) is 0 Å². The van der Waals surface area contributed by atoms with E-state index in [2.05, 4.69) is 12.2 Å². The molecule has 1 nitrogen and oxygen atoms in total. The van der Waals surface area contributed by atoms with Gasteiger partial charge in [0.25, 0.3) is 0 Å². The summed E-state index contributed by atoms with van der Waals surface area (Å²) in [6.07, 6.45) is 9.30. The SMILES string of the molecule is CC(=O)C(c1ccccc1)[C@H]1C=CC=CC1. The maximum absolute atomic E-state index is 11.8. The van der Waals surface area contributed by atoms with Gasteiger partial charge in [-0.2, -0.15) is 0 Å². The van der Waals surface area contributed by atoms with Crippen LogP contribution in [0.2, 0.25) is 0 Å². The lowest BCUT2D eigenvalue weighted by atomic mass is 9.80. The van der Waals surface area contributed by atoms with Crippen LogP contribution in [0.5, 0.6) is 0 Å². The van der Waals surface area contributed by atoms with Gasteiger partial charge in [-0.05, 0) is 24.8 Å². The second-order valence-corrected chi connectivity index (χ2v) is 4.21. The Hall–Kier alpha value is -1.63. The van der Waals surface area contributed by atoms with Crippen molar-refractivity contribution >= 4 is 5.78 Å². The summed E-state index contributed by atoms with van der Waals surface area (Å²) in [7, 11) is 0. The Morgan fingerprint density at radius 1 is 1.25 bits per heavy atom. The molecule has 0 N–H and O–H groups in total. The topological polar surface area (TPSA) is 17.1 Å². The number of hydrogen-bond acceptors (Lipinski definition) is 1. The van der Waals surface area contributed by atoms with E-state index in [9.17, 15) is 4.79 Å². The number of carbonyl (C=O) groups excluding carboxylic acids is 1. The van der Waals surface area contributed by atoms with Crippen molar-refractivity contribution in [1.29, 1.82) is 0 Å². The van der Waals surface area contributed by atoms with E-state index in [1.807, 2.05) is 42.5 Å². The average molecular weight is 212 g/mol. The molecular formula is C15H16O. The van der Waals surface area contributed by atoms with Gasteiger partial charge in [-0.25, -0.2) is 0 Å². The number of ketones is 1. The third-order valence-electron chi connectivity index (χ3n) is 3.04. The van der Waals surface area contributed by atoms with E-state index in [-0.39, 0.29) is 11.7 Å². The molecule has 1 aliphatic carbocycles. The molecule has 1 aromatic carbocycles. The van der Waals surface area contributed by atoms with Crippen LogP contribution in [-0.2, 0) is 4.79 Å². The van der Waals surface area contributed by atoms with Crippen LogP contribution in [0, 0.1) is 5.92 Å². The number of carbonyl (C=O) groups is 1. The summed E-state index contributed by atoms with van der Waals surface area (Å²) in [4.78, 5) is 11.8. The second-order valence-electron chi connectivity index (χ2n) is 4.21. The average Bonchev–Trinajstić information content (AvgIpc) is 2.31. The first-order valence-electron chi connectivity index (χ1n) is 5.68. The van der Waals surface area contributed by atoms with E-state index in [0.29, 0.717) is 5.92 Å². The van der Waals surface area contributed by atoms with Crippen LogP contribution in [0.1, 0.15) is 24.8 Å². The maximum Gasteiger partial charge on any atom is 0.137 e. The molecule has 2 atom stereocenters. The van der Waals surface area contributed by atoms with Gasteiger partial charge in [0.05, 0.1) is 0 Å². The fraction of sp³-hybridized carbons (Fsp3) is 0.267. The molecule has 1 aliphatic rings. The van der Waals surface area contributed by atoms with Crippen molar-refractivity contribution in [2.75, 3.05) is 0 Å². The van der Waals surface area contributed by atoms with E-state index in [1.54, 1.807) is 6.92 Å². The Balaban J connectivity index is 2.28. The summed E-state index contributed by atoms with van der Waals surface area (Å²) in [6, 6.07) is 10.1. The highest BCUT2D eigenvalue weighted by Crippen LogP contribution is 2.31. The summed E-state index contributed by atoms with van der Waals surface area (Å²) >= 11 is 0. The molecule has 0 aliphatic heterocycles. The second kappa shape index (κ2) is 4.93. The van der Waals surface area contributed by atoms with Gasteiger partial charge < -0.3 is 0 Å². The first-order valence-corrected chi connectivity index (χ1v) is 5.68. The van der Waals surface area contributed by atoms with E-state index >= 15 is 0 Å². The molecule has 0 saturated heterocycles. The molecule has 0 aromatic heterocycles. The fourth-order valence-electron chi connectivity index (χ4n) is 2.29. The smallest absolute Gasteiger partial charge is 0.137 e. The van der Waals surface area contributed by atoms with Crippen molar-refractivity contribution in [3.05, 3.63) is 60.2 Å². The van der Waals surface area contributed by atoms with Crippen LogP contribution in [0.3, 0.4) is 0 Å². The largest absolute Gasteiger partial charge is 0.299 e. The van der Waals surface area contributed by atoms with Crippen LogP contribution < -0.4 is 0 Å². The molecule has 0 amide bonds. The zero-order valence-corrected chi connectivity index (χ0v) is 9.47. The lowest BCUT2D eigenvalue weighted by Gasteiger charge is -2.23. The number of Topliss-reactive ketones (excluding diaryl/α,β-unsaturated/α-hetero) is 1. The van der Waals surface area contributed by atoms with Crippen LogP contribution in [0.15, 0.2) is 54.6 Å². The Labute approximate surface area is 96.5 Å². The van der Waals surface area contributed by atoms with E-state index < -0.39 is 0 Å². The molecular weight excluding hydrogens is 196 g/mol. The summed E-state index contributed by atoms with van der Waals surface area (Å²) in [5.74, 6) is 0.559.